The van der Waals surface area contributed by atoms with Crippen molar-refractivity contribution in [2.24, 2.45) is 0 Å². The first-order valence-electron chi connectivity index (χ1n) is 8.86. The van der Waals surface area contributed by atoms with Crippen LogP contribution in [0.2, 0.25) is 0 Å². The van der Waals surface area contributed by atoms with Gasteiger partial charge in [0.25, 0.3) is 0 Å². The molecule has 1 aliphatic carbocycles. The second kappa shape index (κ2) is 7.67. The minimum absolute atomic E-state index is 0.00988. The van der Waals surface area contributed by atoms with E-state index < -0.39 is 21.9 Å². The van der Waals surface area contributed by atoms with E-state index in [1.165, 1.54) is 35.9 Å². The van der Waals surface area contributed by atoms with E-state index in [1.807, 2.05) is 0 Å². The first kappa shape index (κ1) is 20.5. The molecule has 0 spiro atoms. The van der Waals surface area contributed by atoms with E-state index in [2.05, 4.69) is 9.82 Å². The van der Waals surface area contributed by atoms with Crippen LogP contribution in [0, 0.1) is 0 Å². The highest BCUT2D eigenvalue weighted by Gasteiger charge is 2.39. The van der Waals surface area contributed by atoms with E-state index in [9.17, 15) is 26.4 Å². The lowest BCUT2D eigenvalue weighted by atomic mass is 9.95. The fourth-order valence-electron chi connectivity index (χ4n) is 3.33. The summed E-state index contributed by atoms with van der Waals surface area (Å²) >= 11 is 0. The monoisotopic (exact) mass is 415 g/mol. The van der Waals surface area contributed by atoms with Crippen molar-refractivity contribution in [3.8, 4) is 0 Å². The summed E-state index contributed by atoms with van der Waals surface area (Å²) in [6, 6.07) is 5.59. The molecule has 1 N–H and O–H groups in total. The minimum Gasteiger partial charge on any atom is -0.295 e. The molecule has 0 aliphatic heterocycles. The summed E-state index contributed by atoms with van der Waals surface area (Å²) in [4.78, 5) is 11.4. The van der Waals surface area contributed by atoms with Gasteiger partial charge in [-0.2, -0.15) is 18.3 Å². The number of nitrogens with zero attached hydrogens (tertiary/aromatic N) is 2. The fourth-order valence-corrected chi connectivity index (χ4v) is 4.40. The number of Topliss-reactive ketones (excluding diaryl/α,β-unsaturated/α-hetero) is 1. The molecular weight excluding hydrogens is 395 g/mol. The van der Waals surface area contributed by atoms with Gasteiger partial charge in [-0.1, -0.05) is 12.1 Å². The molecule has 152 valence electrons. The molecule has 6 nitrogen and oxygen atoms in total. The lowest BCUT2D eigenvalue weighted by Crippen LogP contribution is -2.28. The Kier molecular flexibility index (Phi) is 5.62. The van der Waals surface area contributed by atoms with Gasteiger partial charge < -0.3 is 0 Å². The Balaban J connectivity index is 1.75. The normalized spacial score (nSPS) is 14.7. The Bertz CT molecular complexity index is 997. The van der Waals surface area contributed by atoms with Gasteiger partial charge in [-0.05, 0) is 44.7 Å². The molecule has 1 aliphatic rings. The van der Waals surface area contributed by atoms with Gasteiger partial charge in [0.05, 0.1) is 11.4 Å². The molecule has 0 fully saturated rings. The van der Waals surface area contributed by atoms with E-state index in [4.69, 9.17) is 0 Å². The number of nitrogens with one attached hydrogen (secondary N) is 1. The van der Waals surface area contributed by atoms with Crippen molar-refractivity contribution >= 4 is 15.8 Å². The van der Waals surface area contributed by atoms with E-state index in [-0.39, 0.29) is 34.9 Å². The van der Waals surface area contributed by atoms with Crippen LogP contribution in [0.3, 0.4) is 0 Å². The van der Waals surface area contributed by atoms with Crippen LogP contribution < -0.4 is 4.72 Å². The second-order valence-corrected chi connectivity index (χ2v) is 8.45. The summed E-state index contributed by atoms with van der Waals surface area (Å²) in [6.07, 6.45) is -2.25. The zero-order valence-electron chi connectivity index (χ0n) is 15.2. The first-order valence-corrected chi connectivity index (χ1v) is 10.3. The zero-order chi connectivity index (χ0) is 20.5. The SMILES string of the molecule is CC(=O)c1cccc(S(=O)(=O)NCCn2nc(C(F)(F)F)c3c2CCCC3)c1. The molecule has 1 aromatic carbocycles. The Labute approximate surface area is 160 Å². The van der Waals surface area contributed by atoms with Crippen molar-refractivity contribution in [1.29, 1.82) is 0 Å². The Morgan fingerprint density at radius 1 is 1.25 bits per heavy atom. The number of aromatic nitrogens is 2. The number of ketones is 1. The van der Waals surface area contributed by atoms with Crippen LogP contribution >= 0.6 is 0 Å². The average Bonchev–Trinajstić information content (AvgIpc) is 3.01. The predicted octanol–water partition coefficient (Wildman–Crippen LogP) is 2.96. The summed E-state index contributed by atoms with van der Waals surface area (Å²) < 4.78 is 68.1. The summed E-state index contributed by atoms with van der Waals surface area (Å²) in [7, 11) is -3.89. The number of carbonyl (C=O) groups excluding carboxylic acids is 1. The zero-order valence-corrected chi connectivity index (χ0v) is 16.0. The van der Waals surface area contributed by atoms with Crippen LogP contribution in [0.25, 0.3) is 0 Å². The molecule has 3 rings (SSSR count). The lowest BCUT2D eigenvalue weighted by molar-refractivity contribution is -0.142. The smallest absolute Gasteiger partial charge is 0.295 e. The topological polar surface area (TPSA) is 81.1 Å². The Morgan fingerprint density at radius 2 is 1.96 bits per heavy atom. The van der Waals surface area contributed by atoms with Crippen LogP contribution in [0.5, 0.6) is 0 Å². The van der Waals surface area contributed by atoms with Crippen molar-refractivity contribution in [2.45, 2.75) is 50.2 Å². The third-order valence-corrected chi connectivity index (χ3v) is 6.15. The number of carbonyl (C=O) groups is 1. The van der Waals surface area contributed by atoms with E-state index >= 15 is 0 Å². The van der Waals surface area contributed by atoms with Crippen molar-refractivity contribution < 1.29 is 26.4 Å². The molecule has 2 aromatic rings. The standard InChI is InChI=1S/C18H20F3N3O3S/c1-12(25)13-5-4-6-14(11-13)28(26,27)22-9-10-24-16-8-3-2-7-15(16)17(23-24)18(19,20)21/h4-6,11,22H,2-3,7-10H2,1H3. The molecule has 28 heavy (non-hydrogen) atoms. The van der Waals surface area contributed by atoms with Gasteiger partial charge in [0, 0.05) is 23.4 Å². The van der Waals surface area contributed by atoms with Crippen LogP contribution in [0.1, 0.15) is 47.1 Å². The number of fused-ring (bicyclic) bond motifs is 1. The van der Waals surface area contributed by atoms with Gasteiger partial charge in [-0.15, -0.1) is 0 Å². The van der Waals surface area contributed by atoms with Crippen molar-refractivity contribution in [3.63, 3.8) is 0 Å². The maximum absolute atomic E-state index is 13.2. The molecule has 0 radical (unpaired) electrons. The number of rotatable bonds is 6. The maximum atomic E-state index is 13.2. The summed E-state index contributed by atoms with van der Waals surface area (Å²) in [5, 5.41) is 3.70. The Hall–Kier alpha value is -2.20. The number of hydrogen-bond donors (Lipinski definition) is 1. The summed E-state index contributed by atoms with van der Waals surface area (Å²) in [5.41, 5.74) is 0.130. The van der Waals surface area contributed by atoms with Crippen LogP contribution in [0.4, 0.5) is 13.2 Å². The molecule has 0 saturated heterocycles. The van der Waals surface area contributed by atoms with Crippen molar-refractivity contribution in [3.05, 3.63) is 46.8 Å². The lowest BCUT2D eigenvalue weighted by Gasteiger charge is -2.15. The molecule has 0 saturated carbocycles. The molecule has 0 unspecified atom stereocenters. The fraction of sp³-hybridized carbons (Fsp3) is 0.444. The van der Waals surface area contributed by atoms with E-state index in [0.29, 0.717) is 25.0 Å². The quantitative estimate of drug-likeness (QED) is 0.736. The number of sulfonamides is 1. The van der Waals surface area contributed by atoms with Gasteiger partial charge >= 0.3 is 6.18 Å². The van der Waals surface area contributed by atoms with Gasteiger partial charge in [-0.3, -0.25) is 9.48 Å². The minimum atomic E-state index is -4.53. The van der Waals surface area contributed by atoms with E-state index in [0.717, 1.165) is 6.42 Å². The third kappa shape index (κ3) is 4.27. The Morgan fingerprint density at radius 3 is 2.64 bits per heavy atom. The van der Waals surface area contributed by atoms with Gasteiger partial charge in [0.2, 0.25) is 10.0 Å². The second-order valence-electron chi connectivity index (χ2n) is 6.68. The summed E-state index contributed by atoms with van der Waals surface area (Å²) in [5.74, 6) is -0.264. The highest BCUT2D eigenvalue weighted by molar-refractivity contribution is 7.89. The average molecular weight is 415 g/mol. The molecule has 0 amide bonds. The van der Waals surface area contributed by atoms with Gasteiger partial charge in [0.15, 0.2) is 11.5 Å². The first-order chi connectivity index (χ1) is 13.1. The third-order valence-electron chi connectivity index (χ3n) is 4.69. The van der Waals surface area contributed by atoms with Crippen molar-refractivity contribution in [2.75, 3.05) is 6.54 Å². The van der Waals surface area contributed by atoms with Gasteiger partial charge in [-0.25, -0.2) is 13.1 Å². The number of hydrogen-bond acceptors (Lipinski definition) is 4. The van der Waals surface area contributed by atoms with Crippen LogP contribution in [-0.2, 0) is 35.6 Å². The van der Waals surface area contributed by atoms with Crippen LogP contribution in [-0.4, -0.2) is 30.5 Å². The maximum Gasteiger partial charge on any atom is 0.435 e. The molecule has 1 heterocycles. The molecule has 1 aromatic heterocycles. The molecule has 0 bridgehead atoms. The largest absolute Gasteiger partial charge is 0.435 e. The van der Waals surface area contributed by atoms with Crippen molar-refractivity contribution in [1.82, 2.24) is 14.5 Å². The highest BCUT2D eigenvalue weighted by atomic mass is 32.2. The highest BCUT2D eigenvalue weighted by Crippen LogP contribution is 2.35. The predicted molar refractivity (Wildman–Crippen MR) is 95.5 cm³/mol. The van der Waals surface area contributed by atoms with Crippen LogP contribution in [0.15, 0.2) is 29.2 Å². The number of halogens is 3. The van der Waals surface area contributed by atoms with E-state index in [1.54, 1.807) is 0 Å². The number of alkyl halides is 3. The molecule has 0 atom stereocenters. The summed E-state index contributed by atoms with van der Waals surface area (Å²) in [6.45, 7) is 1.21. The molecule has 10 heteroatoms. The number of benzene rings is 1. The molecular formula is C18H20F3N3O3S. The van der Waals surface area contributed by atoms with Gasteiger partial charge in [0.1, 0.15) is 0 Å².